The van der Waals surface area contributed by atoms with Gasteiger partial charge in [-0.25, -0.2) is 0 Å². The minimum Gasteiger partial charge on any atom is -0.297 e. The summed E-state index contributed by atoms with van der Waals surface area (Å²) in [6.07, 6.45) is 21.5. The lowest BCUT2D eigenvalue weighted by Crippen LogP contribution is -2.54. The minimum absolute atomic E-state index is 0.468. The zero-order valence-electron chi connectivity index (χ0n) is 10.8. The Morgan fingerprint density at radius 1 is 0.765 bits per heavy atom. The van der Waals surface area contributed by atoms with Crippen molar-refractivity contribution in [2.24, 2.45) is 5.92 Å². The molecule has 1 aliphatic heterocycles. The first kappa shape index (κ1) is 12.0. The molecule has 3 aliphatic rings. The number of hydrogen-bond donors (Lipinski definition) is 0. The van der Waals surface area contributed by atoms with Crippen molar-refractivity contribution >= 4 is 0 Å². The highest BCUT2D eigenvalue weighted by atomic mass is 15.2. The van der Waals surface area contributed by atoms with E-state index in [9.17, 15) is 0 Å². The maximum atomic E-state index is 2.82. The minimum atomic E-state index is 0.468. The monoisotopic (exact) mass is 230 g/mol. The molecular weight excluding hydrogens is 206 g/mol. The van der Waals surface area contributed by atoms with E-state index in [1.807, 2.05) is 0 Å². The van der Waals surface area contributed by atoms with Crippen LogP contribution < -0.4 is 0 Å². The smallest absolute Gasteiger partial charge is 0.0243 e. The second-order valence-electron chi connectivity index (χ2n) is 5.85. The van der Waals surface area contributed by atoms with Gasteiger partial charge in [0.05, 0.1) is 0 Å². The normalized spacial score (nSPS) is 31.8. The molecule has 17 heavy (non-hydrogen) atoms. The van der Waals surface area contributed by atoms with Crippen molar-refractivity contribution in [1.29, 1.82) is 0 Å². The van der Waals surface area contributed by atoms with Crippen LogP contribution in [0, 0.1) is 38.0 Å². The summed E-state index contributed by atoms with van der Waals surface area (Å²) in [6.45, 7) is 2.67. The second-order valence-corrected chi connectivity index (χ2v) is 5.85. The largest absolute Gasteiger partial charge is 0.297 e. The quantitative estimate of drug-likeness (QED) is 0.702. The SMILES string of the molecule is [CH]1[CH][CH]C(C2(N3CCCC3)CCCCC2)[CH][CH]1. The van der Waals surface area contributed by atoms with E-state index < -0.39 is 0 Å². The Bertz CT molecular complexity index is 230. The first-order valence-corrected chi connectivity index (χ1v) is 7.35. The Kier molecular flexibility index (Phi) is 3.75. The van der Waals surface area contributed by atoms with E-state index >= 15 is 0 Å². The van der Waals surface area contributed by atoms with Gasteiger partial charge >= 0.3 is 0 Å². The molecule has 0 N–H and O–H groups in total. The maximum Gasteiger partial charge on any atom is 0.0243 e. The van der Waals surface area contributed by atoms with Crippen LogP contribution in [0.15, 0.2) is 0 Å². The van der Waals surface area contributed by atoms with Gasteiger partial charge in [0.15, 0.2) is 0 Å². The first-order valence-electron chi connectivity index (χ1n) is 7.35. The fourth-order valence-electron chi connectivity index (χ4n) is 4.04. The van der Waals surface area contributed by atoms with Gasteiger partial charge in [-0.3, -0.25) is 4.90 Å². The Balaban J connectivity index is 1.78. The molecule has 0 amide bonds. The Morgan fingerprint density at radius 2 is 1.41 bits per heavy atom. The lowest BCUT2D eigenvalue weighted by molar-refractivity contribution is 0.0396. The van der Waals surface area contributed by atoms with E-state index in [1.54, 1.807) is 0 Å². The molecule has 1 nitrogen and oxygen atoms in total. The van der Waals surface area contributed by atoms with Crippen molar-refractivity contribution in [1.82, 2.24) is 4.90 Å². The predicted octanol–water partition coefficient (Wildman–Crippen LogP) is 3.44. The van der Waals surface area contributed by atoms with Gasteiger partial charge in [0.25, 0.3) is 0 Å². The molecule has 93 valence electrons. The number of likely N-dealkylation sites (tertiary alicyclic amines) is 1. The van der Waals surface area contributed by atoms with Crippen molar-refractivity contribution in [3.63, 3.8) is 0 Å². The molecular formula is C16H24N. The van der Waals surface area contributed by atoms with Crippen molar-refractivity contribution in [3.05, 3.63) is 32.1 Å². The fraction of sp³-hybridized carbons (Fsp3) is 0.688. The van der Waals surface area contributed by atoms with Gasteiger partial charge in [0, 0.05) is 5.54 Å². The predicted molar refractivity (Wildman–Crippen MR) is 71.6 cm³/mol. The van der Waals surface area contributed by atoms with Crippen LogP contribution >= 0.6 is 0 Å². The van der Waals surface area contributed by atoms with Gasteiger partial charge in [-0.2, -0.15) is 0 Å². The summed E-state index contributed by atoms with van der Waals surface area (Å²) >= 11 is 0. The molecule has 0 aromatic rings. The van der Waals surface area contributed by atoms with E-state index in [4.69, 9.17) is 0 Å². The number of rotatable bonds is 2. The maximum absolute atomic E-state index is 2.82. The number of nitrogens with zero attached hydrogens (tertiary/aromatic N) is 1. The second kappa shape index (κ2) is 5.30. The standard InChI is InChI=1S/C16H24N/c1-3-9-15(10-4-1)16(11-5-2-6-12-16)17-13-7-8-14-17/h1,3-4,9-10,15H,2,5-8,11-14H2. The van der Waals surface area contributed by atoms with Crippen LogP contribution in [0.3, 0.4) is 0 Å². The van der Waals surface area contributed by atoms with E-state index in [1.165, 1.54) is 58.0 Å². The molecule has 1 heterocycles. The van der Waals surface area contributed by atoms with E-state index in [2.05, 4.69) is 37.0 Å². The summed E-state index contributed by atoms with van der Waals surface area (Å²) in [5.74, 6) is 0.658. The summed E-state index contributed by atoms with van der Waals surface area (Å²) < 4.78 is 0. The molecule has 3 fully saturated rings. The molecule has 0 unspecified atom stereocenters. The van der Waals surface area contributed by atoms with Crippen LogP contribution in [-0.4, -0.2) is 23.5 Å². The van der Waals surface area contributed by atoms with Gasteiger partial charge in [-0.1, -0.05) is 19.3 Å². The van der Waals surface area contributed by atoms with Crippen LogP contribution in [0.5, 0.6) is 0 Å². The highest BCUT2D eigenvalue weighted by molar-refractivity contribution is 5.25. The summed E-state index contributed by atoms with van der Waals surface area (Å²) in [5, 5.41) is 0. The van der Waals surface area contributed by atoms with Crippen molar-refractivity contribution in [2.75, 3.05) is 13.1 Å². The van der Waals surface area contributed by atoms with Crippen LogP contribution in [0.4, 0.5) is 0 Å². The third-order valence-electron chi connectivity index (χ3n) is 4.93. The molecule has 0 aromatic heterocycles. The molecule has 0 aromatic carbocycles. The van der Waals surface area contributed by atoms with Crippen molar-refractivity contribution < 1.29 is 0 Å². The average molecular weight is 230 g/mol. The van der Waals surface area contributed by atoms with Crippen LogP contribution in [-0.2, 0) is 0 Å². The van der Waals surface area contributed by atoms with E-state index in [-0.39, 0.29) is 0 Å². The Morgan fingerprint density at radius 3 is 2.06 bits per heavy atom. The van der Waals surface area contributed by atoms with Gasteiger partial charge < -0.3 is 0 Å². The lowest BCUT2D eigenvalue weighted by atomic mass is 9.66. The average Bonchev–Trinajstić information content (AvgIpc) is 2.95. The topological polar surface area (TPSA) is 3.24 Å². The summed E-state index contributed by atoms with van der Waals surface area (Å²) in [7, 11) is 0. The molecule has 1 heteroatoms. The van der Waals surface area contributed by atoms with E-state index in [0.29, 0.717) is 11.5 Å². The lowest BCUT2D eigenvalue weighted by Gasteiger charge is -2.51. The summed E-state index contributed by atoms with van der Waals surface area (Å²) in [5.41, 5.74) is 0.468. The molecule has 2 saturated carbocycles. The fourth-order valence-corrected chi connectivity index (χ4v) is 4.04. The van der Waals surface area contributed by atoms with Gasteiger partial charge in [0.2, 0.25) is 0 Å². The molecule has 2 aliphatic carbocycles. The molecule has 1 saturated heterocycles. The van der Waals surface area contributed by atoms with E-state index in [0.717, 1.165) is 0 Å². The molecule has 3 rings (SSSR count). The van der Waals surface area contributed by atoms with Crippen LogP contribution in [0.2, 0.25) is 0 Å². The summed E-state index contributed by atoms with van der Waals surface area (Å²) in [6, 6.07) is 0. The molecule has 0 spiro atoms. The van der Waals surface area contributed by atoms with Crippen LogP contribution in [0.25, 0.3) is 0 Å². The van der Waals surface area contributed by atoms with Gasteiger partial charge in [0.1, 0.15) is 0 Å². The molecule has 0 atom stereocenters. The number of hydrogen-bond acceptors (Lipinski definition) is 1. The molecule has 5 radical (unpaired) electrons. The third-order valence-corrected chi connectivity index (χ3v) is 4.93. The Labute approximate surface area is 107 Å². The zero-order chi connectivity index (χ0) is 11.6. The Hall–Kier alpha value is -0.0400. The van der Waals surface area contributed by atoms with Crippen molar-refractivity contribution in [2.45, 2.75) is 50.5 Å². The van der Waals surface area contributed by atoms with Gasteiger partial charge in [-0.05, 0) is 76.8 Å². The first-order chi connectivity index (χ1) is 8.42. The van der Waals surface area contributed by atoms with Gasteiger partial charge in [-0.15, -0.1) is 0 Å². The summed E-state index contributed by atoms with van der Waals surface area (Å²) in [4.78, 5) is 2.82. The third kappa shape index (κ3) is 2.28. The zero-order valence-corrected chi connectivity index (χ0v) is 10.8. The highest BCUT2D eigenvalue weighted by Gasteiger charge is 2.45. The molecule has 0 bridgehead atoms. The van der Waals surface area contributed by atoms with Crippen LogP contribution in [0.1, 0.15) is 44.9 Å². The van der Waals surface area contributed by atoms with Crippen molar-refractivity contribution in [3.8, 4) is 0 Å². The highest BCUT2D eigenvalue weighted by Crippen LogP contribution is 2.45.